The lowest BCUT2D eigenvalue weighted by Gasteiger charge is -2.29. The average molecular weight is 443 g/mol. The Kier molecular flexibility index (Phi) is 7.29. The summed E-state index contributed by atoms with van der Waals surface area (Å²) in [6.45, 7) is 2.29. The zero-order valence-electron chi connectivity index (χ0n) is 18.4. The van der Waals surface area contributed by atoms with E-state index in [0.29, 0.717) is 32.7 Å². The number of anilines is 1. The minimum Gasteiger partial charge on any atom is -0.491 e. The smallest absolute Gasteiger partial charge is 0.142 e. The first kappa shape index (κ1) is 22.6. The number of nitrogens with zero attached hydrogens (tertiary/aromatic N) is 2. The fraction of sp³-hybridized carbons (Fsp3) is 0.440. The summed E-state index contributed by atoms with van der Waals surface area (Å²) >= 11 is 0. The van der Waals surface area contributed by atoms with Gasteiger partial charge in [-0.2, -0.15) is 0 Å². The van der Waals surface area contributed by atoms with Crippen molar-refractivity contribution in [1.82, 2.24) is 4.57 Å². The van der Waals surface area contributed by atoms with E-state index in [1.165, 1.54) is 6.07 Å². The zero-order chi connectivity index (χ0) is 22.5. The fourth-order valence-corrected chi connectivity index (χ4v) is 4.18. The summed E-state index contributed by atoms with van der Waals surface area (Å²) in [7, 11) is 1.91. The van der Waals surface area contributed by atoms with Gasteiger partial charge in [0.05, 0.1) is 30.5 Å². The molecule has 2 aromatic carbocycles. The molecule has 7 heteroatoms. The van der Waals surface area contributed by atoms with Gasteiger partial charge in [-0.3, -0.25) is 0 Å². The van der Waals surface area contributed by atoms with E-state index in [0.717, 1.165) is 40.7 Å². The Labute approximate surface area is 187 Å². The first-order valence-electron chi connectivity index (χ1n) is 11.2. The molecule has 6 nitrogen and oxygen atoms in total. The highest BCUT2D eigenvalue weighted by Crippen LogP contribution is 2.32. The number of aromatic nitrogens is 1. The third kappa shape index (κ3) is 5.23. The van der Waals surface area contributed by atoms with E-state index in [-0.39, 0.29) is 12.4 Å². The number of para-hydroxylation sites is 2. The highest BCUT2D eigenvalue weighted by atomic mass is 19.1. The lowest BCUT2D eigenvalue weighted by atomic mass is 10.1. The average Bonchev–Trinajstić information content (AvgIpc) is 3.09. The molecule has 2 heterocycles. The Balaban J connectivity index is 1.66. The number of aliphatic hydroxyl groups excluding tert-OH is 2. The largest absolute Gasteiger partial charge is 0.491 e. The molecule has 2 atom stereocenters. The highest BCUT2D eigenvalue weighted by Gasteiger charge is 2.21. The minimum atomic E-state index is -0.924. The molecule has 1 aliphatic rings. The summed E-state index contributed by atoms with van der Waals surface area (Å²) in [5, 5.41) is 21.8. The molecule has 1 aromatic heterocycles. The van der Waals surface area contributed by atoms with Crippen molar-refractivity contribution in [2.45, 2.75) is 38.0 Å². The maximum Gasteiger partial charge on any atom is 0.142 e. The molecule has 0 saturated carbocycles. The molecule has 0 spiro atoms. The number of ether oxygens (including phenoxy) is 2. The lowest BCUT2D eigenvalue weighted by molar-refractivity contribution is -0.0405. The van der Waals surface area contributed by atoms with Crippen molar-refractivity contribution in [3.63, 3.8) is 0 Å². The molecule has 4 rings (SSSR count). The molecule has 0 saturated heterocycles. The molecule has 0 aliphatic carbocycles. The van der Waals surface area contributed by atoms with Crippen LogP contribution in [-0.2, 0) is 18.3 Å². The SMILES string of the molecule is Cn1cc(CN2CC[C@H](O)[C@H](O)COCCCCOc3ccccc32)c2ccc(F)cc21. The molecule has 2 N–H and O–H groups in total. The van der Waals surface area contributed by atoms with Gasteiger partial charge in [0.2, 0.25) is 0 Å². The van der Waals surface area contributed by atoms with Crippen LogP contribution in [0.5, 0.6) is 5.75 Å². The number of fused-ring (bicyclic) bond motifs is 2. The number of aliphatic hydroxyl groups is 2. The Morgan fingerprint density at radius 1 is 1.06 bits per heavy atom. The Morgan fingerprint density at radius 3 is 2.75 bits per heavy atom. The molecule has 3 aromatic rings. The third-order valence-electron chi connectivity index (χ3n) is 5.97. The summed E-state index contributed by atoms with van der Waals surface area (Å²) in [6, 6.07) is 12.7. The number of benzene rings is 2. The predicted molar refractivity (Wildman–Crippen MR) is 123 cm³/mol. The molecule has 1 aliphatic heterocycles. The van der Waals surface area contributed by atoms with Crippen molar-refractivity contribution < 1.29 is 24.1 Å². The van der Waals surface area contributed by atoms with Gasteiger partial charge in [-0.15, -0.1) is 0 Å². The van der Waals surface area contributed by atoms with E-state index < -0.39 is 12.2 Å². The van der Waals surface area contributed by atoms with E-state index in [9.17, 15) is 14.6 Å². The first-order chi connectivity index (χ1) is 15.5. The van der Waals surface area contributed by atoms with Crippen LogP contribution in [0.4, 0.5) is 10.1 Å². The Hall–Kier alpha value is -2.61. The maximum absolute atomic E-state index is 13.8. The van der Waals surface area contributed by atoms with Crippen molar-refractivity contribution >= 4 is 16.6 Å². The zero-order valence-corrected chi connectivity index (χ0v) is 18.4. The van der Waals surface area contributed by atoms with Crippen LogP contribution in [0.25, 0.3) is 10.9 Å². The van der Waals surface area contributed by atoms with Crippen LogP contribution in [0.1, 0.15) is 24.8 Å². The molecule has 32 heavy (non-hydrogen) atoms. The van der Waals surface area contributed by atoms with Gasteiger partial charge >= 0.3 is 0 Å². The van der Waals surface area contributed by atoms with Crippen molar-refractivity contribution in [3.05, 3.63) is 60.0 Å². The quantitative estimate of drug-likeness (QED) is 0.635. The Bertz CT molecular complexity index is 1040. The molecule has 0 fully saturated rings. The molecule has 172 valence electrons. The standard InChI is InChI=1S/C25H31FN2O4/c1-27-15-18(20-9-8-19(26)14-22(20)27)16-28-11-10-23(29)24(30)17-31-12-4-5-13-32-25-7-3-2-6-21(25)28/h2-3,6-9,14-15,23-24,29-30H,4-5,10-13,16-17H2,1H3/t23-,24+/m0/s1. The molecule has 0 amide bonds. The van der Waals surface area contributed by atoms with Crippen LogP contribution in [0, 0.1) is 5.82 Å². The molecular formula is C25H31FN2O4. The van der Waals surface area contributed by atoms with Gasteiger partial charge < -0.3 is 29.2 Å². The van der Waals surface area contributed by atoms with Gasteiger partial charge in [0.15, 0.2) is 0 Å². The summed E-state index contributed by atoms with van der Waals surface area (Å²) in [5.41, 5.74) is 2.82. The van der Waals surface area contributed by atoms with Crippen molar-refractivity contribution in [2.75, 3.05) is 31.3 Å². The Morgan fingerprint density at radius 2 is 1.88 bits per heavy atom. The van der Waals surface area contributed by atoms with E-state index in [2.05, 4.69) is 4.90 Å². The summed E-state index contributed by atoms with van der Waals surface area (Å²) in [5.74, 6) is 0.522. The maximum atomic E-state index is 13.8. The van der Waals surface area contributed by atoms with E-state index in [1.54, 1.807) is 6.07 Å². The summed E-state index contributed by atoms with van der Waals surface area (Å²) in [6.07, 6.45) is 2.22. The van der Waals surface area contributed by atoms with Crippen LogP contribution in [0.2, 0.25) is 0 Å². The van der Waals surface area contributed by atoms with E-state index in [4.69, 9.17) is 9.47 Å². The summed E-state index contributed by atoms with van der Waals surface area (Å²) in [4.78, 5) is 2.15. The number of aryl methyl sites for hydroxylation is 1. The van der Waals surface area contributed by atoms with E-state index >= 15 is 0 Å². The molecule has 0 unspecified atom stereocenters. The topological polar surface area (TPSA) is 67.1 Å². The minimum absolute atomic E-state index is 0.119. The second-order valence-corrected chi connectivity index (χ2v) is 8.37. The van der Waals surface area contributed by atoms with Gasteiger partial charge in [-0.05, 0) is 55.2 Å². The van der Waals surface area contributed by atoms with Crippen LogP contribution >= 0.6 is 0 Å². The van der Waals surface area contributed by atoms with Gasteiger partial charge in [0, 0.05) is 38.3 Å². The van der Waals surface area contributed by atoms with E-state index in [1.807, 2.05) is 48.1 Å². The number of halogens is 1. The van der Waals surface area contributed by atoms with Crippen molar-refractivity contribution in [1.29, 1.82) is 0 Å². The van der Waals surface area contributed by atoms with Crippen molar-refractivity contribution in [2.24, 2.45) is 7.05 Å². The molecular weight excluding hydrogens is 411 g/mol. The van der Waals surface area contributed by atoms with Crippen LogP contribution in [0.3, 0.4) is 0 Å². The van der Waals surface area contributed by atoms with Crippen molar-refractivity contribution in [3.8, 4) is 5.75 Å². The second-order valence-electron chi connectivity index (χ2n) is 8.37. The number of hydrogen-bond donors (Lipinski definition) is 2. The highest BCUT2D eigenvalue weighted by molar-refractivity contribution is 5.84. The monoisotopic (exact) mass is 442 g/mol. The van der Waals surface area contributed by atoms with Gasteiger partial charge in [-0.25, -0.2) is 4.39 Å². The van der Waals surface area contributed by atoms with Gasteiger partial charge in [0.1, 0.15) is 17.7 Å². The molecule has 0 bridgehead atoms. The van der Waals surface area contributed by atoms with Crippen LogP contribution in [0.15, 0.2) is 48.7 Å². The number of rotatable bonds is 2. The van der Waals surface area contributed by atoms with Gasteiger partial charge in [0.25, 0.3) is 0 Å². The number of hydrogen-bond acceptors (Lipinski definition) is 5. The first-order valence-corrected chi connectivity index (χ1v) is 11.2. The second kappa shape index (κ2) is 10.3. The van der Waals surface area contributed by atoms with Crippen LogP contribution in [-0.4, -0.2) is 53.4 Å². The normalized spacial score (nSPS) is 21.1. The summed E-state index contributed by atoms with van der Waals surface area (Å²) < 4.78 is 27.3. The van der Waals surface area contributed by atoms with Crippen LogP contribution < -0.4 is 9.64 Å². The third-order valence-corrected chi connectivity index (χ3v) is 5.97. The fourth-order valence-electron chi connectivity index (χ4n) is 4.18. The lowest BCUT2D eigenvalue weighted by Crippen LogP contribution is -2.35. The molecule has 0 radical (unpaired) electrons. The predicted octanol–water partition coefficient (Wildman–Crippen LogP) is 3.63. The van der Waals surface area contributed by atoms with Gasteiger partial charge in [-0.1, -0.05) is 12.1 Å².